The van der Waals surface area contributed by atoms with E-state index in [4.69, 9.17) is 0 Å². The minimum absolute atomic E-state index is 0.332. The molecule has 0 aliphatic rings. The zero-order valence-corrected chi connectivity index (χ0v) is 8.28. The number of nitrogens with zero attached hydrogens (tertiary/aromatic N) is 1. The fourth-order valence-electron chi connectivity index (χ4n) is 1.41. The molecule has 0 radical (unpaired) electrons. The number of aromatic nitrogens is 3. The maximum Gasteiger partial charge on any atom is 0.325 e. The highest BCUT2D eigenvalue weighted by Crippen LogP contribution is 2.00. The van der Waals surface area contributed by atoms with Crippen molar-refractivity contribution in [3.8, 4) is 0 Å². The average molecular weight is 205 g/mol. The van der Waals surface area contributed by atoms with Crippen molar-refractivity contribution in [2.45, 2.75) is 13.5 Å². The van der Waals surface area contributed by atoms with Crippen molar-refractivity contribution in [2.75, 3.05) is 0 Å². The summed E-state index contributed by atoms with van der Waals surface area (Å²) in [6.07, 6.45) is 3.75. The van der Waals surface area contributed by atoms with Crippen molar-refractivity contribution in [1.29, 1.82) is 0 Å². The second-order valence-electron chi connectivity index (χ2n) is 3.37. The van der Waals surface area contributed by atoms with Crippen LogP contribution in [-0.2, 0) is 6.54 Å². The molecule has 0 amide bonds. The van der Waals surface area contributed by atoms with Crippen LogP contribution in [0.1, 0.15) is 11.3 Å². The highest BCUT2D eigenvalue weighted by atomic mass is 16.2. The Morgan fingerprint density at radius 1 is 1.20 bits per heavy atom. The number of H-pyrrole nitrogens is 2. The topological polar surface area (TPSA) is 70.7 Å². The van der Waals surface area contributed by atoms with E-state index in [1.165, 1.54) is 0 Å². The number of rotatable bonds is 2. The standard InChI is InChI=1S/C10H11N3O2/c1-7-8(6-13-4-2-3-5-13)11-10(15)12-9(7)14/h2-5H,6H2,1H3,(H2,11,12,14,15). The first-order valence-electron chi connectivity index (χ1n) is 4.59. The quantitative estimate of drug-likeness (QED) is 0.736. The molecule has 0 aromatic carbocycles. The first kappa shape index (κ1) is 9.51. The van der Waals surface area contributed by atoms with Gasteiger partial charge < -0.3 is 9.55 Å². The molecule has 5 heteroatoms. The Labute approximate surface area is 85.4 Å². The average Bonchev–Trinajstić information content (AvgIpc) is 2.66. The highest BCUT2D eigenvalue weighted by molar-refractivity contribution is 5.14. The second kappa shape index (κ2) is 3.61. The molecule has 0 atom stereocenters. The smallest absolute Gasteiger partial charge is 0.325 e. The molecule has 0 saturated heterocycles. The summed E-state index contributed by atoms with van der Waals surface area (Å²) < 4.78 is 1.89. The van der Waals surface area contributed by atoms with Crippen molar-refractivity contribution in [2.24, 2.45) is 0 Å². The van der Waals surface area contributed by atoms with Gasteiger partial charge >= 0.3 is 5.69 Å². The van der Waals surface area contributed by atoms with Crippen molar-refractivity contribution in [3.05, 3.63) is 56.6 Å². The predicted molar refractivity (Wildman–Crippen MR) is 56.0 cm³/mol. The molecule has 2 aromatic rings. The Bertz CT molecular complexity index is 563. The Morgan fingerprint density at radius 2 is 1.87 bits per heavy atom. The number of hydrogen-bond acceptors (Lipinski definition) is 2. The van der Waals surface area contributed by atoms with E-state index in [1.54, 1.807) is 6.92 Å². The van der Waals surface area contributed by atoms with Gasteiger partial charge in [-0.05, 0) is 19.1 Å². The van der Waals surface area contributed by atoms with E-state index in [9.17, 15) is 9.59 Å². The first-order valence-corrected chi connectivity index (χ1v) is 4.59. The Kier molecular flexibility index (Phi) is 2.29. The van der Waals surface area contributed by atoms with E-state index in [0.29, 0.717) is 17.8 Å². The van der Waals surface area contributed by atoms with E-state index in [1.807, 2.05) is 29.1 Å². The lowest BCUT2D eigenvalue weighted by Gasteiger charge is -2.05. The van der Waals surface area contributed by atoms with Crippen LogP contribution < -0.4 is 11.2 Å². The van der Waals surface area contributed by atoms with Gasteiger partial charge in [-0.2, -0.15) is 0 Å². The van der Waals surface area contributed by atoms with E-state index < -0.39 is 5.69 Å². The SMILES string of the molecule is Cc1c(Cn2cccc2)[nH]c(=O)[nH]c1=O. The molecule has 0 aliphatic heterocycles. The molecule has 0 saturated carbocycles. The van der Waals surface area contributed by atoms with Gasteiger partial charge in [-0.3, -0.25) is 9.78 Å². The first-order chi connectivity index (χ1) is 7.16. The summed E-state index contributed by atoms with van der Waals surface area (Å²) in [5, 5.41) is 0. The van der Waals surface area contributed by atoms with Crippen LogP contribution in [0.15, 0.2) is 34.1 Å². The molecule has 0 spiro atoms. The van der Waals surface area contributed by atoms with E-state index in [0.717, 1.165) is 0 Å². The lowest BCUT2D eigenvalue weighted by molar-refractivity contribution is 0.756. The van der Waals surface area contributed by atoms with Crippen LogP contribution in [-0.4, -0.2) is 14.5 Å². The van der Waals surface area contributed by atoms with Crippen LogP contribution in [0.3, 0.4) is 0 Å². The van der Waals surface area contributed by atoms with Gasteiger partial charge in [0.15, 0.2) is 0 Å². The molecule has 2 N–H and O–H groups in total. The molecule has 0 unspecified atom stereocenters. The van der Waals surface area contributed by atoms with Gasteiger partial charge in [-0.15, -0.1) is 0 Å². The van der Waals surface area contributed by atoms with Crippen molar-refractivity contribution in [3.63, 3.8) is 0 Å². The van der Waals surface area contributed by atoms with Gasteiger partial charge in [0.2, 0.25) is 0 Å². The van der Waals surface area contributed by atoms with E-state index in [-0.39, 0.29) is 5.56 Å². The molecule has 2 aromatic heterocycles. The highest BCUT2D eigenvalue weighted by Gasteiger charge is 2.04. The summed E-state index contributed by atoms with van der Waals surface area (Å²) >= 11 is 0. The second-order valence-corrected chi connectivity index (χ2v) is 3.37. The van der Waals surface area contributed by atoms with Gasteiger partial charge in [0.25, 0.3) is 5.56 Å². The normalized spacial score (nSPS) is 10.5. The third-order valence-corrected chi connectivity index (χ3v) is 2.29. The minimum atomic E-state index is -0.465. The third kappa shape index (κ3) is 1.90. The maximum absolute atomic E-state index is 11.3. The summed E-state index contributed by atoms with van der Waals surface area (Å²) in [4.78, 5) is 27.2. The van der Waals surface area contributed by atoms with Crippen LogP contribution >= 0.6 is 0 Å². The van der Waals surface area contributed by atoms with Crippen molar-refractivity contribution >= 4 is 0 Å². The molecule has 78 valence electrons. The summed E-state index contributed by atoms with van der Waals surface area (Å²) in [5.74, 6) is 0. The summed E-state index contributed by atoms with van der Waals surface area (Å²) in [5.41, 5.74) is 0.386. The Hall–Kier alpha value is -2.04. The molecule has 2 rings (SSSR count). The number of nitrogens with one attached hydrogen (secondary N) is 2. The lowest BCUT2D eigenvalue weighted by atomic mass is 10.2. The maximum atomic E-state index is 11.3. The van der Waals surface area contributed by atoms with Gasteiger partial charge in [0, 0.05) is 23.7 Å². The van der Waals surface area contributed by atoms with Crippen molar-refractivity contribution in [1.82, 2.24) is 14.5 Å². The number of aromatic amines is 2. The molecule has 15 heavy (non-hydrogen) atoms. The van der Waals surface area contributed by atoms with Gasteiger partial charge in [0.05, 0.1) is 6.54 Å². The van der Waals surface area contributed by atoms with Gasteiger partial charge in [-0.1, -0.05) is 0 Å². The fourth-order valence-corrected chi connectivity index (χ4v) is 1.41. The molecular formula is C10H11N3O2. The summed E-state index contributed by atoms with van der Waals surface area (Å²) in [6.45, 7) is 2.19. The molecule has 0 fully saturated rings. The van der Waals surface area contributed by atoms with E-state index >= 15 is 0 Å². The third-order valence-electron chi connectivity index (χ3n) is 2.29. The number of hydrogen-bond donors (Lipinski definition) is 2. The molecule has 2 heterocycles. The molecule has 5 nitrogen and oxygen atoms in total. The zero-order valence-electron chi connectivity index (χ0n) is 8.28. The van der Waals surface area contributed by atoms with Crippen molar-refractivity contribution < 1.29 is 0 Å². The zero-order chi connectivity index (χ0) is 10.8. The van der Waals surface area contributed by atoms with E-state index in [2.05, 4.69) is 9.97 Å². The van der Waals surface area contributed by atoms with Crippen LogP contribution in [0.5, 0.6) is 0 Å². The van der Waals surface area contributed by atoms with Gasteiger partial charge in [0.1, 0.15) is 0 Å². The van der Waals surface area contributed by atoms with Crippen LogP contribution in [0, 0.1) is 6.92 Å². The molecular weight excluding hydrogens is 194 g/mol. The Morgan fingerprint density at radius 3 is 2.53 bits per heavy atom. The monoisotopic (exact) mass is 205 g/mol. The van der Waals surface area contributed by atoms with Crippen LogP contribution in [0.25, 0.3) is 0 Å². The lowest BCUT2D eigenvalue weighted by Crippen LogP contribution is -2.27. The largest absolute Gasteiger partial charge is 0.348 e. The van der Waals surface area contributed by atoms with Crippen LogP contribution in [0.2, 0.25) is 0 Å². The van der Waals surface area contributed by atoms with Crippen LogP contribution in [0.4, 0.5) is 0 Å². The summed E-state index contributed by atoms with van der Waals surface area (Å²) in [7, 11) is 0. The Balaban J connectivity index is 2.45. The molecule has 0 aliphatic carbocycles. The fraction of sp³-hybridized carbons (Fsp3) is 0.200. The molecule has 0 bridgehead atoms. The summed E-state index contributed by atoms with van der Waals surface area (Å²) in [6, 6.07) is 3.78. The predicted octanol–water partition coefficient (Wildman–Crippen LogP) is 0.221. The minimum Gasteiger partial charge on any atom is -0.348 e. The van der Waals surface area contributed by atoms with Gasteiger partial charge in [-0.25, -0.2) is 4.79 Å².